The third kappa shape index (κ3) is 8.20. The average molecular weight is 687 g/mol. The van der Waals surface area contributed by atoms with Gasteiger partial charge in [-0.2, -0.15) is 0 Å². The number of halogens is 3. The van der Waals surface area contributed by atoms with Gasteiger partial charge in [0.15, 0.2) is 11.5 Å². The lowest BCUT2D eigenvalue weighted by molar-refractivity contribution is -0.139. The van der Waals surface area contributed by atoms with Crippen LogP contribution in [0, 0.1) is 0 Å². The molecule has 2 amide bonds. The summed E-state index contributed by atoms with van der Waals surface area (Å²) < 4.78 is 45.5. The molecule has 3 aromatic rings. The Balaban J connectivity index is 2.16. The van der Waals surface area contributed by atoms with Crippen molar-refractivity contribution < 1.29 is 32.2 Å². The van der Waals surface area contributed by atoms with Crippen molar-refractivity contribution in [1.29, 1.82) is 0 Å². The monoisotopic (exact) mass is 685 g/mol. The van der Waals surface area contributed by atoms with Crippen molar-refractivity contribution in [2.45, 2.75) is 37.8 Å². The van der Waals surface area contributed by atoms with Gasteiger partial charge in [0.05, 0.1) is 31.9 Å². The van der Waals surface area contributed by atoms with Crippen LogP contribution in [0.5, 0.6) is 17.2 Å². The molecule has 1 unspecified atom stereocenters. The maximum Gasteiger partial charge on any atom is 0.265 e. The van der Waals surface area contributed by atoms with Crippen LogP contribution in [0.2, 0.25) is 15.1 Å². The molecular weight excluding hydrogens is 653 g/mol. The highest BCUT2D eigenvalue weighted by Gasteiger charge is 2.34. The highest BCUT2D eigenvalue weighted by molar-refractivity contribution is 7.92. The Morgan fingerprint density at radius 1 is 0.864 bits per heavy atom. The lowest BCUT2D eigenvalue weighted by atomic mass is 10.1. The van der Waals surface area contributed by atoms with Crippen molar-refractivity contribution in [1.82, 2.24) is 10.2 Å². The zero-order valence-electron chi connectivity index (χ0n) is 24.9. The van der Waals surface area contributed by atoms with E-state index in [1.165, 1.54) is 68.7 Å². The molecule has 10 nitrogen and oxygen atoms in total. The number of nitrogens with zero attached hydrogens (tertiary/aromatic N) is 2. The molecule has 0 saturated carbocycles. The predicted octanol–water partition coefficient (Wildman–Crippen LogP) is 5.81. The molecule has 3 rings (SSSR count). The summed E-state index contributed by atoms with van der Waals surface area (Å²) in [7, 11) is -0.304. The number of ether oxygens (including phenoxy) is 3. The fourth-order valence-corrected chi connectivity index (χ4v) is 6.35. The highest BCUT2D eigenvalue weighted by Crippen LogP contribution is 2.37. The first-order valence-electron chi connectivity index (χ1n) is 13.5. The van der Waals surface area contributed by atoms with Crippen molar-refractivity contribution in [2.75, 3.05) is 38.7 Å². The van der Waals surface area contributed by atoms with Crippen molar-refractivity contribution in [3.63, 3.8) is 0 Å². The first-order valence-corrected chi connectivity index (χ1v) is 16.0. The van der Waals surface area contributed by atoms with Gasteiger partial charge in [-0.05, 0) is 61.4 Å². The molecule has 0 heterocycles. The number of methoxy groups -OCH3 is 3. The summed E-state index contributed by atoms with van der Waals surface area (Å²) in [4.78, 5) is 28.3. The van der Waals surface area contributed by atoms with Gasteiger partial charge in [-0.15, -0.1) is 0 Å². The molecule has 3 aromatic carbocycles. The number of amides is 2. The molecule has 0 aliphatic carbocycles. The molecule has 238 valence electrons. The van der Waals surface area contributed by atoms with Crippen LogP contribution in [-0.2, 0) is 26.2 Å². The van der Waals surface area contributed by atoms with Gasteiger partial charge in [-0.3, -0.25) is 13.9 Å². The van der Waals surface area contributed by atoms with Crippen LogP contribution in [0.25, 0.3) is 0 Å². The Kier molecular flexibility index (Phi) is 12.4. The van der Waals surface area contributed by atoms with Crippen LogP contribution in [0.15, 0.2) is 59.5 Å². The molecule has 14 heteroatoms. The number of rotatable bonds is 14. The summed E-state index contributed by atoms with van der Waals surface area (Å²) in [6.45, 7) is 3.03. The third-order valence-corrected chi connectivity index (χ3v) is 9.28. The Labute approximate surface area is 272 Å². The average Bonchev–Trinajstić information content (AvgIpc) is 3.01. The summed E-state index contributed by atoms with van der Waals surface area (Å²) in [6, 6.07) is 12.2. The number of carbonyl (C=O) groups excluding carboxylic acids is 2. The number of carbonyl (C=O) groups is 2. The number of hydrogen-bond donors (Lipinski definition) is 1. The highest BCUT2D eigenvalue weighted by atomic mass is 35.5. The standard InChI is InChI=1S/C30H34Cl3N3O7S/c1-6-13-34-30(38)19(2)35(17-20-7-8-21(31)14-24(20)33)29(37)18-36(25-15-22(32)9-11-26(25)41-3)44(39,40)23-10-12-27(42-4)28(16-23)43-5/h7-12,14-16,19H,6,13,17-18H2,1-5H3,(H,34,38). The van der Waals surface area contributed by atoms with Gasteiger partial charge in [0, 0.05) is 34.2 Å². The molecule has 1 N–H and O–H groups in total. The van der Waals surface area contributed by atoms with Gasteiger partial charge < -0.3 is 24.4 Å². The second kappa shape index (κ2) is 15.6. The number of nitrogens with one attached hydrogen (secondary N) is 1. The van der Waals surface area contributed by atoms with Gasteiger partial charge in [-0.25, -0.2) is 8.42 Å². The molecule has 0 radical (unpaired) electrons. The Bertz CT molecular complexity index is 1600. The van der Waals surface area contributed by atoms with Crippen LogP contribution >= 0.6 is 34.8 Å². The molecule has 0 aromatic heterocycles. The SMILES string of the molecule is CCCNC(=O)C(C)N(Cc1ccc(Cl)cc1Cl)C(=O)CN(c1cc(Cl)ccc1OC)S(=O)(=O)c1ccc(OC)c(OC)c1. The van der Waals surface area contributed by atoms with Gasteiger partial charge in [0.2, 0.25) is 11.8 Å². The van der Waals surface area contributed by atoms with Crippen LogP contribution in [0.3, 0.4) is 0 Å². The van der Waals surface area contributed by atoms with Crippen molar-refractivity contribution >= 4 is 62.3 Å². The minimum absolute atomic E-state index is 0.00991. The largest absolute Gasteiger partial charge is 0.495 e. The quantitative estimate of drug-likeness (QED) is 0.228. The Hall–Kier alpha value is -3.38. The first-order chi connectivity index (χ1) is 20.9. The van der Waals surface area contributed by atoms with E-state index < -0.39 is 34.4 Å². The van der Waals surface area contributed by atoms with E-state index in [0.717, 1.165) is 4.31 Å². The van der Waals surface area contributed by atoms with E-state index in [0.29, 0.717) is 29.3 Å². The molecule has 0 bridgehead atoms. The summed E-state index contributed by atoms with van der Waals surface area (Å²) >= 11 is 18.8. The van der Waals surface area contributed by atoms with Gasteiger partial charge in [0.25, 0.3) is 10.0 Å². The maximum atomic E-state index is 14.3. The molecular formula is C30H34Cl3N3O7S. The Morgan fingerprint density at radius 3 is 2.09 bits per heavy atom. The third-order valence-electron chi connectivity index (χ3n) is 6.70. The van der Waals surface area contributed by atoms with Crippen LogP contribution in [0.1, 0.15) is 25.8 Å². The predicted molar refractivity (Wildman–Crippen MR) is 172 cm³/mol. The lowest BCUT2D eigenvalue weighted by Gasteiger charge is -2.32. The molecule has 0 spiro atoms. The second-order valence-electron chi connectivity index (χ2n) is 9.57. The number of benzene rings is 3. The smallest absolute Gasteiger partial charge is 0.265 e. The van der Waals surface area contributed by atoms with Gasteiger partial charge >= 0.3 is 0 Å². The maximum absolute atomic E-state index is 14.3. The topological polar surface area (TPSA) is 114 Å². The molecule has 0 fully saturated rings. The van der Waals surface area contributed by atoms with E-state index in [9.17, 15) is 18.0 Å². The van der Waals surface area contributed by atoms with Crippen LogP contribution in [0.4, 0.5) is 5.69 Å². The van der Waals surface area contributed by atoms with Gasteiger partial charge in [-0.1, -0.05) is 47.8 Å². The zero-order valence-corrected chi connectivity index (χ0v) is 28.0. The Morgan fingerprint density at radius 2 is 1.48 bits per heavy atom. The van der Waals surface area contributed by atoms with Crippen molar-refractivity contribution in [3.05, 3.63) is 75.2 Å². The van der Waals surface area contributed by atoms with Crippen molar-refractivity contribution in [3.8, 4) is 17.2 Å². The fraction of sp³-hybridized carbons (Fsp3) is 0.333. The summed E-state index contributed by atoms with van der Waals surface area (Å²) in [5.74, 6) is -0.487. The van der Waals surface area contributed by atoms with Crippen LogP contribution in [-0.4, -0.2) is 65.6 Å². The van der Waals surface area contributed by atoms with E-state index in [2.05, 4.69) is 5.32 Å². The number of hydrogen-bond acceptors (Lipinski definition) is 7. The summed E-state index contributed by atoms with van der Waals surface area (Å²) in [6.07, 6.45) is 0.682. The van der Waals surface area contributed by atoms with Crippen LogP contribution < -0.4 is 23.8 Å². The number of sulfonamides is 1. The van der Waals surface area contributed by atoms with E-state index in [1.807, 2.05) is 6.92 Å². The van der Waals surface area contributed by atoms with E-state index in [1.54, 1.807) is 19.1 Å². The molecule has 44 heavy (non-hydrogen) atoms. The molecule has 0 aliphatic rings. The fourth-order valence-electron chi connectivity index (χ4n) is 4.29. The summed E-state index contributed by atoms with van der Waals surface area (Å²) in [5.41, 5.74) is 0.518. The number of anilines is 1. The lowest BCUT2D eigenvalue weighted by Crippen LogP contribution is -2.51. The molecule has 0 saturated heterocycles. The minimum Gasteiger partial charge on any atom is -0.495 e. The normalized spacial score (nSPS) is 11.8. The summed E-state index contributed by atoms with van der Waals surface area (Å²) in [5, 5.41) is 3.67. The minimum atomic E-state index is -4.47. The molecule has 1 atom stereocenters. The first kappa shape index (κ1) is 35.1. The van der Waals surface area contributed by atoms with Gasteiger partial charge in [0.1, 0.15) is 18.3 Å². The second-order valence-corrected chi connectivity index (χ2v) is 12.7. The van der Waals surface area contributed by atoms with E-state index in [4.69, 9.17) is 49.0 Å². The van der Waals surface area contributed by atoms with E-state index in [-0.39, 0.29) is 38.7 Å². The van der Waals surface area contributed by atoms with Crippen molar-refractivity contribution in [2.24, 2.45) is 0 Å². The van der Waals surface area contributed by atoms with E-state index >= 15 is 0 Å². The molecule has 0 aliphatic heterocycles. The zero-order chi connectivity index (χ0) is 32.6.